The molecular formula is C21H29NOS. The Kier molecular flexibility index (Phi) is 5.99. The number of rotatable bonds is 6. The highest BCUT2D eigenvalue weighted by Crippen LogP contribution is 2.59. The number of hydrogen-bond donors (Lipinski definition) is 2. The zero-order chi connectivity index (χ0) is 16.8. The molecule has 0 amide bonds. The molecule has 3 heteroatoms. The Morgan fingerprint density at radius 1 is 1.00 bits per heavy atom. The van der Waals surface area contributed by atoms with E-state index in [1.54, 1.807) is 0 Å². The molecule has 0 spiro atoms. The van der Waals surface area contributed by atoms with Gasteiger partial charge in [-0.1, -0.05) is 42.8 Å². The van der Waals surface area contributed by atoms with Gasteiger partial charge in [0.2, 0.25) is 0 Å². The largest absolute Gasteiger partial charge is 0.392 e. The van der Waals surface area contributed by atoms with Gasteiger partial charge in [-0.2, -0.15) is 10.0 Å². The van der Waals surface area contributed by atoms with Crippen LogP contribution >= 0.6 is 10.0 Å². The molecule has 1 aliphatic heterocycles. The van der Waals surface area contributed by atoms with Crippen molar-refractivity contribution in [2.75, 3.05) is 18.6 Å². The summed E-state index contributed by atoms with van der Waals surface area (Å²) in [7, 11) is -1.22. The summed E-state index contributed by atoms with van der Waals surface area (Å²) in [6, 6.07) is 21.9. The summed E-state index contributed by atoms with van der Waals surface area (Å²) in [5, 5.41) is 14.4. The van der Waals surface area contributed by atoms with Crippen LogP contribution in [-0.2, 0) is 0 Å². The predicted octanol–water partition coefficient (Wildman–Crippen LogP) is 4.43. The molecule has 2 aromatic rings. The molecule has 0 aliphatic carbocycles. The molecule has 0 saturated carbocycles. The average Bonchev–Trinajstić information content (AvgIpc) is 2.64. The second-order valence-corrected chi connectivity index (χ2v) is 10.4. The quantitative estimate of drug-likeness (QED) is 0.813. The van der Waals surface area contributed by atoms with Crippen molar-refractivity contribution in [1.29, 1.82) is 0 Å². The van der Waals surface area contributed by atoms with Crippen molar-refractivity contribution >= 4 is 10.0 Å². The fraction of sp³-hybridized carbons (Fsp3) is 0.429. The Labute approximate surface area is 147 Å². The minimum absolute atomic E-state index is 0.263. The molecule has 1 saturated heterocycles. The van der Waals surface area contributed by atoms with Crippen molar-refractivity contribution in [2.45, 2.75) is 47.6 Å². The van der Waals surface area contributed by atoms with E-state index in [9.17, 15) is 5.11 Å². The van der Waals surface area contributed by atoms with Crippen LogP contribution in [0.25, 0.3) is 0 Å². The van der Waals surface area contributed by atoms with Crippen molar-refractivity contribution < 1.29 is 5.11 Å². The van der Waals surface area contributed by atoms with E-state index in [0.29, 0.717) is 6.04 Å². The fourth-order valence-electron chi connectivity index (χ4n) is 3.68. The van der Waals surface area contributed by atoms with E-state index >= 15 is 0 Å². The molecule has 3 rings (SSSR count). The van der Waals surface area contributed by atoms with Crippen molar-refractivity contribution in [3.05, 3.63) is 60.7 Å². The highest BCUT2D eigenvalue weighted by atomic mass is 32.3. The van der Waals surface area contributed by atoms with Crippen LogP contribution in [-0.4, -0.2) is 35.8 Å². The van der Waals surface area contributed by atoms with E-state index in [2.05, 4.69) is 72.2 Å². The van der Waals surface area contributed by atoms with Gasteiger partial charge in [0.25, 0.3) is 0 Å². The van der Waals surface area contributed by atoms with E-state index in [0.717, 1.165) is 18.7 Å². The summed E-state index contributed by atoms with van der Waals surface area (Å²) in [5.74, 6) is 0.833. The summed E-state index contributed by atoms with van der Waals surface area (Å²) in [5.41, 5.74) is 0. The van der Waals surface area contributed by atoms with Crippen LogP contribution in [0, 0.1) is 0 Å². The maximum Gasteiger partial charge on any atom is 0.0637 e. The van der Waals surface area contributed by atoms with Crippen LogP contribution in [0.1, 0.15) is 25.7 Å². The van der Waals surface area contributed by atoms with Gasteiger partial charge in [-0.3, -0.25) is 0 Å². The molecule has 0 radical (unpaired) electrons. The second kappa shape index (κ2) is 8.19. The fourth-order valence-corrected chi connectivity index (χ4v) is 6.75. The summed E-state index contributed by atoms with van der Waals surface area (Å²) in [6.45, 7) is 1.10. The van der Waals surface area contributed by atoms with Gasteiger partial charge in [0.1, 0.15) is 0 Å². The van der Waals surface area contributed by atoms with Crippen LogP contribution in [0.15, 0.2) is 70.5 Å². The molecule has 2 aromatic carbocycles. The summed E-state index contributed by atoms with van der Waals surface area (Å²) in [6.07, 6.45) is 6.69. The second-order valence-electron chi connectivity index (χ2n) is 6.92. The van der Waals surface area contributed by atoms with Crippen LogP contribution in [0.2, 0.25) is 0 Å². The van der Waals surface area contributed by atoms with Gasteiger partial charge in [0.05, 0.1) is 6.10 Å². The van der Waals surface area contributed by atoms with E-state index < -0.39 is 10.0 Å². The first-order valence-electron chi connectivity index (χ1n) is 8.96. The molecule has 2 atom stereocenters. The summed E-state index contributed by atoms with van der Waals surface area (Å²) >= 11 is 0. The SMILES string of the molecule is CS(C[C@@H](O)C[C@@H]1CCCCN1)(c1ccccc1)c1ccccc1. The molecule has 2 N–H and O–H groups in total. The number of aliphatic hydroxyl groups is 1. The summed E-state index contributed by atoms with van der Waals surface area (Å²) < 4.78 is 0. The number of nitrogens with one attached hydrogen (secondary N) is 1. The van der Waals surface area contributed by atoms with Crippen LogP contribution in [0.4, 0.5) is 0 Å². The monoisotopic (exact) mass is 343 g/mol. The molecular weight excluding hydrogens is 314 g/mol. The van der Waals surface area contributed by atoms with Gasteiger partial charge in [-0.15, -0.1) is 0 Å². The maximum absolute atomic E-state index is 10.8. The standard InChI is InChI=1S/C21H29NOS/c1-24(20-11-4-2-5-12-20,21-13-6-3-7-14-21)17-19(23)16-18-10-8-9-15-22-18/h2-7,11-14,18-19,22-23H,8-10,15-17H2,1H3/t18-,19-/m0/s1. The molecule has 0 unspecified atom stereocenters. The average molecular weight is 344 g/mol. The predicted molar refractivity (Wildman–Crippen MR) is 104 cm³/mol. The maximum atomic E-state index is 10.8. The minimum atomic E-state index is -1.22. The Bertz CT molecular complexity index is 571. The van der Waals surface area contributed by atoms with E-state index in [1.807, 2.05) is 0 Å². The topological polar surface area (TPSA) is 32.3 Å². The Balaban J connectivity index is 1.80. The number of benzene rings is 2. The van der Waals surface area contributed by atoms with Crippen LogP contribution in [0.5, 0.6) is 0 Å². The van der Waals surface area contributed by atoms with Gasteiger partial charge in [0.15, 0.2) is 0 Å². The first kappa shape index (κ1) is 17.5. The molecule has 0 bridgehead atoms. The molecule has 1 fully saturated rings. The number of aliphatic hydroxyl groups excluding tert-OH is 1. The van der Waals surface area contributed by atoms with Crippen LogP contribution < -0.4 is 5.32 Å². The minimum Gasteiger partial charge on any atom is -0.392 e. The number of hydrogen-bond acceptors (Lipinski definition) is 2. The molecule has 0 aromatic heterocycles. The molecule has 1 aliphatic rings. The van der Waals surface area contributed by atoms with Crippen molar-refractivity contribution in [3.63, 3.8) is 0 Å². The smallest absolute Gasteiger partial charge is 0.0637 e. The first-order valence-corrected chi connectivity index (χ1v) is 11.2. The Morgan fingerprint density at radius 3 is 2.08 bits per heavy atom. The van der Waals surface area contributed by atoms with Crippen molar-refractivity contribution in [2.24, 2.45) is 0 Å². The van der Waals surface area contributed by atoms with Crippen molar-refractivity contribution in [3.8, 4) is 0 Å². The van der Waals surface area contributed by atoms with Gasteiger partial charge >= 0.3 is 0 Å². The lowest BCUT2D eigenvalue weighted by atomic mass is 10.00. The third kappa shape index (κ3) is 4.21. The Morgan fingerprint density at radius 2 is 1.58 bits per heavy atom. The lowest BCUT2D eigenvalue weighted by Gasteiger charge is -2.39. The Hall–Kier alpha value is -1.29. The highest BCUT2D eigenvalue weighted by Gasteiger charge is 2.28. The highest BCUT2D eigenvalue weighted by molar-refractivity contribution is 8.33. The normalized spacial score (nSPS) is 20.5. The zero-order valence-corrected chi connectivity index (χ0v) is 15.3. The lowest BCUT2D eigenvalue weighted by Crippen LogP contribution is -2.38. The van der Waals surface area contributed by atoms with Crippen molar-refractivity contribution in [1.82, 2.24) is 5.32 Å². The van der Waals surface area contributed by atoms with E-state index in [-0.39, 0.29) is 6.10 Å². The van der Waals surface area contributed by atoms with Crippen LogP contribution in [0.3, 0.4) is 0 Å². The molecule has 130 valence electrons. The molecule has 1 heterocycles. The van der Waals surface area contributed by atoms with Gasteiger partial charge < -0.3 is 10.4 Å². The van der Waals surface area contributed by atoms with E-state index in [1.165, 1.54) is 29.1 Å². The zero-order valence-electron chi connectivity index (χ0n) is 14.5. The lowest BCUT2D eigenvalue weighted by molar-refractivity contribution is 0.164. The molecule has 2 nitrogen and oxygen atoms in total. The first-order chi connectivity index (χ1) is 11.7. The van der Waals surface area contributed by atoms with Gasteiger partial charge in [0, 0.05) is 11.8 Å². The van der Waals surface area contributed by atoms with Gasteiger partial charge in [-0.25, -0.2) is 0 Å². The summed E-state index contributed by atoms with van der Waals surface area (Å²) in [4.78, 5) is 2.71. The third-order valence-corrected chi connectivity index (χ3v) is 8.70. The van der Waals surface area contributed by atoms with E-state index in [4.69, 9.17) is 0 Å². The third-order valence-electron chi connectivity index (χ3n) is 5.02. The van der Waals surface area contributed by atoms with Gasteiger partial charge in [-0.05, 0) is 66.1 Å². The molecule has 24 heavy (non-hydrogen) atoms. The number of piperidine rings is 1.